The van der Waals surface area contributed by atoms with Crippen LogP contribution in [0.15, 0.2) is 18.2 Å². The predicted octanol–water partition coefficient (Wildman–Crippen LogP) is 4.59. The van der Waals surface area contributed by atoms with Crippen LogP contribution in [0.5, 0.6) is 0 Å². The van der Waals surface area contributed by atoms with E-state index in [0.29, 0.717) is 22.2 Å². The minimum atomic E-state index is -0.0128. The smallest absolute Gasteiger partial charge is 0.225 e. The lowest BCUT2D eigenvalue weighted by atomic mass is 10.1. The SMILES string of the molecule is O=C(CCN1CCCCCCC1)Nc1cc(Cl)ccc1Cl. The van der Waals surface area contributed by atoms with E-state index in [0.717, 1.165) is 19.6 Å². The normalized spacial score (nSPS) is 17.0. The summed E-state index contributed by atoms with van der Waals surface area (Å²) >= 11 is 12.0. The number of benzene rings is 1. The first-order valence-electron chi connectivity index (χ1n) is 7.62. The van der Waals surface area contributed by atoms with Crippen LogP contribution >= 0.6 is 23.2 Å². The van der Waals surface area contributed by atoms with Gasteiger partial charge in [0.1, 0.15) is 0 Å². The molecule has 1 heterocycles. The molecule has 1 aromatic carbocycles. The van der Waals surface area contributed by atoms with Crippen LogP contribution in [0.1, 0.15) is 38.5 Å². The highest BCUT2D eigenvalue weighted by atomic mass is 35.5. The highest BCUT2D eigenvalue weighted by Crippen LogP contribution is 2.25. The van der Waals surface area contributed by atoms with Gasteiger partial charge in [0, 0.05) is 18.0 Å². The molecule has 21 heavy (non-hydrogen) atoms. The summed E-state index contributed by atoms with van der Waals surface area (Å²) < 4.78 is 0. The van der Waals surface area contributed by atoms with Crippen LogP contribution in [0.25, 0.3) is 0 Å². The van der Waals surface area contributed by atoms with Gasteiger partial charge in [-0.25, -0.2) is 0 Å². The third-order valence-corrected chi connectivity index (χ3v) is 4.37. The molecule has 1 aliphatic heterocycles. The summed E-state index contributed by atoms with van der Waals surface area (Å²) in [5.41, 5.74) is 0.585. The van der Waals surface area contributed by atoms with Crippen molar-refractivity contribution in [2.75, 3.05) is 25.0 Å². The number of nitrogens with zero attached hydrogens (tertiary/aromatic N) is 1. The number of amides is 1. The van der Waals surface area contributed by atoms with Gasteiger partial charge in [0.25, 0.3) is 0 Å². The van der Waals surface area contributed by atoms with Crippen LogP contribution in [0, 0.1) is 0 Å². The Kier molecular flexibility index (Phi) is 6.81. The van der Waals surface area contributed by atoms with E-state index in [1.165, 1.54) is 32.1 Å². The Labute approximate surface area is 136 Å². The predicted molar refractivity (Wildman–Crippen MR) is 89.2 cm³/mol. The van der Waals surface area contributed by atoms with Crippen molar-refractivity contribution in [3.8, 4) is 0 Å². The molecule has 0 aromatic heterocycles. The minimum Gasteiger partial charge on any atom is -0.325 e. The third-order valence-electron chi connectivity index (χ3n) is 3.81. The summed E-state index contributed by atoms with van der Waals surface area (Å²) in [5.74, 6) is -0.0128. The van der Waals surface area contributed by atoms with E-state index < -0.39 is 0 Å². The van der Waals surface area contributed by atoms with Gasteiger partial charge in [-0.2, -0.15) is 0 Å². The average Bonchev–Trinajstić information content (AvgIpc) is 2.42. The molecule has 3 nitrogen and oxygen atoms in total. The Hall–Kier alpha value is -0.770. The number of hydrogen-bond acceptors (Lipinski definition) is 2. The molecule has 1 saturated heterocycles. The van der Waals surface area contributed by atoms with E-state index >= 15 is 0 Å². The molecule has 0 saturated carbocycles. The second-order valence-electron chi connectivity index (χ2n) is 5.53. The summed E-state index contributed by atoms with van der Waals surface area (Å²) in [5, 5.41) is 3.92. The zero-order valence-electron chi connectivity index (χ0n) is 12.2. The lowest BCUT2D eigenvalue weighted by Gasteiger charge is -2.24. The molecule has 1 aromatic rings. The molecule has 1 amide bonds. The summed E-state index contributed by atoms with van der Waals surface area (Å²) in [4.78, 5) is 14.4. The number of rotatable bonds is 4. The molecule has 0 bridgehead atoms. The minimum absolute atomic E-state index is 0.0128. The first-order valence-corrected chi connectivity index (χ1v) is 8.38. The van der Waals surface area contributed by atoms with E-state index in [-0.39, 0.29) is 5.91 Å². The second kappa shape index (κ2) is 8.62. The highest BCUT2D eigenvalue weighted by molar-refractivity contribution is 6.35. The van der Waals surface area contributed by atoms with Gasteiger partial charge in [0.2, 0.25) is 5.91 Å². The van der Waals surface area contributed by atoms with Gasteiger partial charge >= 0.3 is 0 Å². The Morgan fingerprint density at radius 1 is 1.10 bits per heavy atom. The molecule has 0 spiro atoms. The molecular weight excluding hydrogens is 307 g/mol. The van der Waals surface area contributed by atoms with Crippen LogP contribution in [-0.2, 0) is 4.79 Å². The average molecular weight is 329 g/mol. The molecule has 0 aliphatic carbocycles. The maximum Gasteiger partial charge on any atom is 0.225 e. The number of halogens is 2. The molecule has 0 atom stereocenters. The van der Waals surface area contributed by atoms with E-state index in [1.54, 1.807) is 18.2 Å². The highest BCUT2D eigenvalue weighted by Gasteiger charge is 2.11. The van der Waals surface area contributed by atoms with Crippen molar-refractivity contribution in [2.24, 2.45) is 0 Å². The quantitative estimate of drug-likeness (QED) is 0.876. The van der Waals surface area contributed by atoms with Crippen LogP contribution in [0.2, 0.25) is 10.0 Å². The largest absolute Gasteiger partial charge is 0.325 e. The van der Waals surface area contributed by atoms with Gasteiger partial charge in [-0.3, -0.25) is 4.79 Å². The zero-order chi connectivity index (χ0) is 15.1. The number of anilines is 1. The Balaban J connectivity index is 1.79. The first kappa shape index (κ1) is 16.6. The maximum atomic E-state index is 12.0. The lowest BCUT2D eigenvalue weighted by molar-refractivity contribution is -0.116. The standard InChI is InChI=1S/C16H22Cl2N2O/c17-13-6-7-14(18)15(12-13)19-16(21)8-11-20-9-4-2-1-3-5-10-20/h6-7,12H,1-5,8-11H2,(H,19,21). The third kappa shape index (κ3) is 5.85. The lowest BCUT2D eigenvalue weighted by Crippen LogP contribution is -2.30. The molecule has 0 unspecified atom stereocenters. The molecule has 1 fully saturated rings. The zero-order valence-corrected chi connectivity index (χ0v) is 13.7. The van der Waals surface area contributed by atoms with Crippen molar-refractivity contribution in [3.05, 3.63) is 28.2 Å². The number of hydrogen-bond donors (Lipinski definition) is 1. The number of likely N-dealkylation sites (tertiary alicyclic amines) is 1. The first-order chi connectivity index (χ1) is 10.1. The maximum absolute atomic E-state index is 12.0. The fraction of sp³-hybridized carbons (Fsp3) is 0.562. The van der Waals surface area contributed by atoms with Crippen molar-refractivity contribution in [3.63, 3.8) is 0 Å². The fourth-order valence-electron chi connectivity index (χ4n) is 2.60. The van der Waals surface area contributed by atoms with Crippen LogP contribution in [-0.4, -0.2) is 30.4 Å². The van der Waals surface area contributed by atoms with Gasteiger partial charge in [0.15, 0.2) is 0 Å². The van der Waals surface area contributed by atoms with Gasteiger partial charge in [0.05, 0.1) is 10.7 Å². The topological polar surface area (TPSA) is 32.3 Å². The summed E-state index contributed by atoms with van der Waals surface area (Å²) in [6.45, 7) is 3.01. The van der Waals surface area contributed by atoms with Gasteiger partial charge in [-0.1, -0.05) is 42.5 Å². The van der Waals surface area contributed by atoms with Crippen molar-refractivity contribution in [1.29, 1.82) is 0 Å². The van der Waals surface area contributed by atoms with Gasteiger partial charge < -0.3 is 10.2 Å². The van der Waals surface area contributed by atoms with Crippen molar-refractivity contribution < 1.29 is 4.79 Å². The Morgan fingerprint density at radius 2 is 1.76 bits per heavy atom. The van der Waals surface area contributed by atoms with Gasteiger partial charge in [-0.15, -0.1) is 0 Å². The van der Waals surface area contributed by atoms with Crippen LogP contribution in [0.4, 0.5) is 5.69 Å². The molecular formula is C16H22Cl2N2O. The Bertz CT molecular complexity index is 471. The van der Waals surface area contributed by atoms with E-state index in [2.05, 4.69) is 10.2 Å². The second-order valence-corrected chi connectivity index (χ2v) is 6.38. The van der Waals surface area contributed by atoms with Crippen molar-refractivity contribution in [2.45, 2.75) is 38.5 Å². The molecule has 2 rings (SSSR count). The molecule has 1 aliphatic rings. The summed E-state index contributed by atoms with van der Waals surface area (Å²) in [7, 11) is 0. The molecule has 1 N–H and O–H groups in total. The number of nitrogens with one attached hydrogen (secondary N) is 1. The number of carbonyl (C=O) groups excluding carboxylic acids is 1. The molecule has 5 heteroatoms. The van der Waals surface area contributed by atoms with E-state index in [1.807, 2.05) is 0 Å². The Morgan fingerprint density at radius 3 is 2.48 bits per heavy atom. The van der Waals surface area contributed by atoms with Gasteiger partial charge in [-0.05, 0) is 44.1 Å². The summed E-state index contributed by atoms with van der Waals surface area (Å²) in [6.07, 6.45) is 6.93. The van der Waals surface area contributed by atoms with E-state index in [9.17, 15) is 4.79 Å². The monoisotopic (exact) mass is 328 g/mol. The molecule has 0 radical (unpaired) electrons. The number of carbonyl (C=O) groups is 1. The van der Waals surface area contributed by atoms with Crippen molar-refractivity contribution in [1.82, 2.24) is 4.90 Å². The summed E-state index contributed by atoms with van der Waals surface area (Å²) in [6, 6.07) is 5.08. The van der Waals surface area contributed by atoms with Crippen LogP contribution < -0.4 is 5.32 Å². The molecule has 116 valence electrons. The van der Waals surface area contributed by atoms with Crippen LogP contribution in [0.3, 0.4) is 0 Å². The van der Waals surface area contributed by atoms with E-state index in [4.69, 9.17) is 23.2 Å². The van der Waals surface area contributed by atoms with Crippen molar-refractivity contribution >= 4 is 34.8 Å². The fourth-order valence-corrected chi connectivity index (χ4v) is 2.94.